The highest BCUT2D eigenvalue weighted by atomic mass is 16.2. The van der Waals surface area contributed by atoms with Crippen LogP contribution in [-0.2, 0) is 20.1 Å². The Morgan fingerprint density at radius 2 is 2.07 bits per heavy atom. The average molecular weight is 402 g/mol. The van der Waals surface area contributed by atoms with Gasteiger partial charge in [-0.05, 0) is 67.6 Å². The summed E-state index contributed by atoms with van der Waals surface area (Å²) in [6.45, 7) is 4.51. The molecule has 6 nitrogen and oxygen atoms in total. The van der Waals surface area contributed by atoms with Crippen LogP contribution in [-0.4, -0.2) is 22.2 Å². The zero-order chi connectivity index (χ0) is 20.7. The molecule has 0 atom stereocenters. The first-order valence-corrected chi connectivity index (χ1v) is 10.6. The minimum atomic E-state index is 0.00143. The highest BCUT2D eigenvalue weighted by molar-refractivity contribution is 6.08. The van der Waals surface area contributed by atoms with E-state index in [-0.39, 0.29) is 5.91 Å². The van der Waals surface area contributed by atoms with Crippen LogP contribution in [0.15, 0.2) is 48.7 Å². The summed E-state index contributed by atoms with van der Waals surface area (Å²) in [6.07, 6.45) is 4.53. The fraction of sp³-hybridized carbons (Fsp3) is 0.333. The van der Waals surface area contributed by atoms with Crippen LogP contribution in [0.1, 0.15) is 39.9 Å². The van der Waals surface area contributed by atoms with Gasteiger partial charge in [-0.1, -0.05) is 18.2 Å². The Morgan fingerprint density at radius 1 is 1.23 bits per heavy atom. The van der Waals surface area contributed by atoms with Gasteiger partial charge < -0.3 is 15.5 Å². The molecule has 2 N–H and O–H groups in total. The lowest BCUT2D eigenvalue weighted by Gasteiger charge is -2.23. The van der Waals surface area contributed by atoms with Gasteiger partial charge in [0, 0.05) is 24.7 Å². The van der Waals surface area contributed by atoms with Crippen molar-refractivity contribution in [1.29, 1.82) is 0 Å². The molecule has 3 aromatic rings. The van der Waals surface area contributed by atoms with Crippen LogP contribution in [0.3, 0.4) is 0 Å². The summed E-state index contributed by atoms with van der Waals surface area (Å²) in [4.78, 5) is 15.4. The number of hydrogen-bond donors (Lipinski definition) is 2. The van der Waals surface area contributed by atoms with E-state index in [1.807, 2.05) is 59.2 Å². The molecule has 2 aromatic carbocycles. The second kappa shape index (κ2) is 7.61. The monoisotopic (exact) mass is 401 g/mol. The van der Waals surface area contributed by atoms with Crippen molar-refractivity contribution in [2.24, 2.45) is 13.0 Å². The minimum absolute atomic E-state index is 0.00143. The smallest absolute Gasteiger partial charge is 0.258 e. The van der Waals surface area contributed by atoms with Crippen LogP contribution < -0.4 is 15.5 Å². The molecule has 2 aliphatic rings. The Balaban J connectivity index is 1.42. The van der Waals surface area contributed by atoms with Gasteiger partial charge in [0.25, 0.3) is 5.91 Å². The van der Waals surface area contributed by atoms with E-state index in [1.165, 1.54) is 18.4 Å². The third-order valence-electron chi connectivity index (χ3n) is 6.07. The Kier molecular flexibility index (Phi) is 4.79. The number of benzene rings is 2. The molecule has 154 valence electrons. The molecule has 1 aliphatic carbocycles. The van der Waals surface area contributed by atoms with E-state index < -0.39 is 0 Å². The molecule has 0 radical (unpaired) electrons. The number of fused-ring (bicyclic) bond motifs is 2. The molecule has 2 heterocycles. The average Bonchev–Trinajstić information content (AvgIpc) is 3.54. The van der Waals surface area contributed by atoms with Crippen molar-refractivity contribution in [3.05, 3.63) is 70.9 Å². The number of rotatable bonds is 5. The van der Waals surface area contributed by atoms with Gasteiger partial charge in [-0.15, -0.1) is 0 Å². The number of hydrogen-bond acceptors (Lipinski definition) is 4. The van der Waals surface area contributed by atoms with Gasteiger partial charge in [0.2, 0.25) is 0 Å². The van der Waals surface area contributed by atoms with Crippen molar-refractivity contribution >= 4 is 23.1 Å². The van der Waals surface area contributed by atoms with Crippen molar-refractivity contribution < 1.29 is 4.79 Å². The molecular formula is C24H27N5O. The molecule has 30 heavy (non-hydrogen) atoms. The second-order valence-corrected chi connectivity index (χ2v) is 8.39. The van der Waals surface area contributed by atoms with Crippen LogP contribution in [0.5, 0.6) is 0 Å². The number of carbonyl (C=O) groups is 1. The van der Waals surface area contributed by atoms with Gasteiger partial charge in [-0.3, -0.25) is 9.48 Å². The molecule has 1 fully saturated rings. The Hall–Kier alpha value is -3.12. The van der Waals surface area contributed by atoms with Gasteiger partial charge in [0.15, 0.2) is 0 Å². The summed E-state index contributed by atoms with van der Waals surface area (Å²) in [7, 11) is 1.91. The lowest BCUT2D eigenvalue weighted by Crippen LogP contribution is -2.30. The van der Waals surface area contributed by atoms with Crippen LogP contribution in [0.2, 0.25) is 0 Å². The molecule has 1 aliphatic heterocycles. The highest BCUT2D eigenvalue weighted by Crippen LogP contribution is 2.36. The number of amides is 1. The number of aryl methyl sites for hydroxylation is 2. The molecule has 1 amide bonds. The van der Waals surface area contributed by atoms with Crippen LogP contribution in [0.4, 0.5) is 17.2 Å². The summed E-state index contributed by atoms with van der Waals surface area (Å²) >= 11 is 0. The van der Waals surface area contributed by atoms with Crippen molar-refractivity contribution in [3.63, 3.8) is 0 Å². The first-order valence-electron chi connectivity index (χ1n) is 10.6. The van der Waals surface area contributed by atoms with Crippen molar-refractivity contribution in [2.75, 3.05) is 16.8 Å². The van der Waals surface area contributed by atoms with Gasteiger partial charge in [0.05, 0.1) is 24.1 Å². The van der Waals surface area contributed by atoms with Crippen molar-refractivity contribution in [1.82, 2.24) is 15.1 Å². The zero-order valence-corrected chi connectivity index (χ0v) is 17.5. The zero-order valence-electron chi connectivity index (χ0n) is 17.5. The predicted molar refractivity (Wildman–Crippen MR) is 119 cm³/mol. The van der Waals surface area contributed by atoms with Crippen molar-refractivity contribution in [3.8, 4) is 0 Å². The van der Waals surface area contributed by atoms with Gasteiger partial charge in [-0.2, -0.15) is 5.10 Å². The molecule has 0 saturated heterocycles. The molecule has 6 heteroatoms. The third kappa shape index (κ3) is 3.59. The van der Waals surface area contributed by atoms with E-state index in [4.69, 9.17) is 0 Å². The first-order chi connectivity index (χ1) is 14.6. The quantitative estimate of drug-likeness (QED) is 0.675. The van der Waals surface area contributed by atoms with E-state index in [9.17, 15) is 4.79 Å². The molecule has 1 saturated carbocycles. The van der Waals surface area contributed by atoms with Crippen LogP contribution in [0.25, 0.3) is 0 Å². The maximum atomic E-state index is 13.6. The molecule has 0 spiro atoms. The number of para-hydroxylation sites is 2. The second-order valence-electron chi connectivity index (χ2n) is 8.39. The normalized spacial score (nSPS) is 15.2. The Labute approximate surface area is 176 Å². The largest absolute Gasteiger partial charge is 0.338 e. The van der Waals surface area contributed by atoms with Crippen molar-refractivity contribution in [2.45, 2.75) is 32.9 Å². The molecule has 0 bridgehead atoms. The predicted octanol–water partition coefficient (Wildman–Crippen LogP) is 4.13. The topological polar surface area (TPSA) is 62.2 Å². The molecule has 0 unspecified atom stereocenters. The maximum absolute atomic E-state index is 13.6. The summed E-state index contributed by atoms with van der Waals surface area (Å²) < 4.78 is 1.81. The number of nitrogens with zero attached hydrogens (tertiary/aromatic N) is 3. The van der Waals surface area contributed by atoms with E-state index in [1.54, 1.807) is 0 Å². The molecule has 5 rings (SSSR count). The SMILES string of the molecule is Cc1cc(C(=O)N2Cc3cnn(C)c3Nc3ccccc32)ccc1CNCC1CC1. The summed E-state index contributed by atoms with van der Waals surface area (Å²) in [5, 5.41) is 11.3. The van der Waals surface area contributed by atoms with E-state index in [0.717, 1.165) is 47.3 Å². The van der Waals surface area contributed by atoms with Crippen LogP contribution >= 0.6 is 0 Å². The minimum Gasteiger partial charge on any atom is -0.338 e. The Morgan fingerprint density at radius 3 is 2.87 bits per heavy atom. The van der Waals surface area contributed by atoms with Crippen LogP contribution in [0, 0.1) is 12.8 Å². The molecule has 1 aromatic heterocycles. The third-order valence-corrected chi connectivity index (χ3v) is 6.07. The van der Waals surface area contributed by atoms with E-state index in [2.05, 4.69) is 28.7 Å². The fourth-order valence-corrected chi connectivity index (χ4v) is 4.05. The van der Waals surface area contributed by atoms with E-state index in [0.29, 0.717) is 12.1 Å². The Bertz CT molecular complexity index is 1100. The van der Waals surface area contributed by atoms with E-state index >= 15 is 0 Å². The first kappa shape index (κ1) is 18.9. The number of carbonyl (C=O) groups excluding carboxylic acids is 1. The summed E-state index contributed by atoms with van der Waals surface area (Å²) in [6, 6.07) is 14.0. The maximum Gasteiger partial charge on any atom is 0.258 e. The standard InChI is InChI=1S/C24H27N5O/c1-16-11-18(9-10-19(16)13-25-12-17-7-8-17)24(30)29-15-20-14-26-28(2)23(20)27-21-5-3-4-6-22(21)29/h3-6,9-11,14,17,25,27H,7-8,12-13,15H2,1-2H3. The highest BCUT2D eigenvalue weighted by Gasteiger charge is 2.27. The van der Waals surface area contributed by atoms with Gasteiger partial charge in [-0.25, -0.2) is 0 Å². The van der Waals surface area contributed by atoms with Gasteiger partial charge in [0.1, 0.15) is 5.82 Å². The summed E-state index contributed by atoms with van der Waals surface area (Å²) in [5.74, 6) is 1.78. The lowest BCUT2D eigenvalue weighted by molar-refractivity contribution is 0.0985. The number of nitrogens with one attached hydrogen (secondary N) is 2. The summed E-state index contributed by atoms with van der Waals surface area (Å²) in [5.41, 5.74) is 5.89. The number of aromatic nitrogens is 2. The lowest BCUT2D eigenvalue weighted by atomic mass is 10.0. The fourth-order valence-electron chi connectivity index (χ4n) is 4.05. The number of anilines is 3. The van der Waals surface area contributed by atoms with Gasteiger partial charge >= 0.3 is 0 Å². The molecular weight excluding hydrogens is 374 g/mol.